The van der Waals surface area contributed by atoms with Crippen molar-refractivity contribution in [2.24, 2.45) is 10.2 Å². The van der Waals surface area contributed by atoms with E-state index in [0.29, 0.717) is 22.8 Å². The summed E-state index contributed by atoms with van der Waals surface area (Å²) >= 11 is 0.658. The first-order chi connectivity index (χ1) is 18.8. The Labute approximate surface area is 242 Å². The van der Waals surface area contributed by atoms with Gasteiger partial charge >= 0.3 is 6.80 Å². The van der Waals surface area contributed by atoms with Crippen molar-refractivity contribution in [3.05, 3.63) is 48.5 Å². The van der Waals surface area contributed by atoms with E-state index in [-0.39, 0.29) is 36.3 Å². The maximum atomic E-state index is 13.0. The Balaban J connectivity index is 1.52. The maximum Gasteiger partial charge on any atom is 0.386 e. The Bertz CT molecular complexity index is 1280. The Morgan fingerprint density at radius 2 is 1.68 bits per heavy atom. The summed E-state index contributed by atoms with van der Waals surface area (Å²) in [4.78, 5) is 12.4. The van der Waals surface area contributed by atoms with Crippen molar-refractivity contribution in [1.29, 1.82) is 0 Å². The highest BCUT2D eigenvalue weighted by molar-refractivity contribution is 8.54. The molecule has 0 saturated carbocycles. The molecule has 1 heterocycles. The van der Waals surface area contributed by atoms with Crippen LogP contribution in [0.5, 0.6) is 0 Å². The van der Waals surface area contributed by atoms with Crippen LogP contribution in [0.2, 0.25) is 0 Å². The third-order valence-corrected chi connectivity index (χ3v) is 10.8. The average molecular weight is 611 g/mol. The van der Waals surface area contributed by atoms with Crippen LogP contribution in [0.15, 0.2) is 63.7 Å². The summed E-state index contributed by atoms with van der Waals surface area (Å²) in [5, 5.41) is 8.36. The molecule has 2 unspecified atom stereocenters. The number of nitrogens with zero attached hydrogens (tertiary/aromatic N) is 4. The van der Waals surface area contributed by atoms with Crippen LogP contribution in [0, 0.1) is 0 Å². The zero-order chi connectivity index (χ0) is 29.5. The third-order valence-electron chi connectivity index (χ3n) is 5.94. The van der Waals surface area contributed by atoms with Crippen LogP contribution in [-0.2, 0) is 28.6 Å². The molecule has 2 radical (unpaired) electrons. The van der Waals surface area contributed by atoms with E-state index in [0.717, 1.165) is 9.99 Å². The topological polar surface area (TPSA) is 130 Å². The molecular formula is C25H36BN4O7PS2. The quantitative estimate of drug-likeness (QED) is 0.184. The van der Waals surface area contributed by atoms with Gasteiger partial charge in [0.15, 0.2) is 0 Å². The van der Waals surface area contributed by atoms with Crippen molar-refractivity contribution in [2.45, 2.75) is 49.5 Å². The molecule has 1 N–H and O–H groups in total. The van der Waals surface area contributed by atoms with E-state index in [1.54, 1.807) is 12.1 Å². The maximum absolute atomic E-state index is 13.0. The number of hydrogen-bond acceptors (Lipinski definition) is 10. The Hall–Kier alpha value is -1.77. The SMILES string of the molecule is [B][C@H]1CC(OP(=O)(O)SCCN(C)S(=O)(=O)c2ccc(N=Nc3ccc(N(C)C)cc3)cc2)[C@@H](COC(C)C)O1. The molecule has 1 saturated heterocycles. The second kappa shape index (κ2) is 14.4. The minimum absolute atomic E-state index is 0.00805. The molecule has 4 atom stereocenters. The van der Waals surface area contributed by atoms with E-state index in [4.69, 9.17) is 21.8 Å². The molecule has 1 aliphatic rings. The number of sulfonamides is 1. The molecule has 15 heteroatoms. The Kier molecular flexibility index (Phi) is 11.8. The number of hydrogen-bond donors (Lipinski definition) is 1. The van der Waals surface area contributed by atoms with Crippen molar-refractivity contribution in [1.82, 2.24) is 4.31 Å². The first-order valence-electron chi connectivity index (χ1n) is 12.7. The molecule has 218 valence electrons. The van der Waals surface area contributed by atoms with Crippen LogP contribution in [0.4, 0.5) is 17.1 Å². The predicted molar refractivity (Wildman–Crippen MR) is 158 cm³/mol. The zero-order valence-electron chi connectivity index (χ0n) is 23.3. The Morgan fingerprint density at radius 1 is 1.10 bits per heavy atom. The van der Waals surface area contributed by atoms with Crippen molar-refractivity contribution in [3.8, 4) is 0 Å². The van der Waals surface area contributed by atoms with Gasteiger partial charge in [-0.25, -0.2) is 17.3 Å². The predicted octanol–water partition coefficient (Wildman–Crippen LogP) is 4.72. The highest BCUT2D eigenvalue weighted by Crippen LogP contribution is 2.57. The molecule has 1 fully saturated rings. The van der Waals surface area contributed by atoms with Crippen LogP contribution >= 0.6 is 18.2 Å². The third kappa shape index (κ3) is 9.66. The highest BCUT2D eigenvalue weighted by atomic mass is 32.7. The number of ether oxygens (including phenoxy) is 2. The van der Waals surface area contributed by atoms with Gasteiger partial charge in [0.1, 0.15) is 14.0 Å². The first-order valence-corrected chi connectivity index (χ1v) is 17.3. The average Bonchev–Trinajstić information content (AvgIpc) is 3.24. The molecule has 2 aromatic carbocycles. The van der Waals surface area contributed by atoms with Gasteiger partial charge in [0.2, 0.25) is 10.0 Å². The minimum Gasteiger partial charge on any atom is -0.380 e. The number of anilines is 1. The fourth-order valence-corrected chi connectivity index (χ4v) is 7.65. The van der Waals surface area contributed by atoms with E-state index < -0.39 is 35.0 Å². The lowest BCUT2D eigenvalue weighted by molar-refractivity contribution is -0.0421. The summed E-state index contributed by atoms with van der Waals surface area (Å²) in [6, 6.07) is 13.0. The number of azo groups is 1. The fraction of sp³-hybridized carbons (Fsp3) is 0.520. The van der Waals surface area contributed by atoms with Crippen molar-refractivity contribution in [3.63, 3.8) is 0 Å². The van der Waals surface area contributed by atoms with Gasteiger partial charge in [0, 0.05) is 45.1 Å². The van der Waals surface area contributed by atoms with Gasteiger partial charge in [0.25, 0.3) is 0 Å². The number of rotatable bonds is 14. The molecule has 0 aromatic heterocycles. The highest BCUT2D eigenvalue weighted by Gasteiger charge is 2.39. The molecule has 2 aromatic rings. The first kappa shape index (κ1) is 32.7. The van der Waals surface area contributed by atoms with Gasteiger partial charge in [0.05, 0.1) is 35.1 Å². The summed E-state index contributed by atoms with van der Waals surface area (Å²) in [5.41, 5.74) is 2.21. The van der Waals surface area contributed by atoms with Gasteiger partial charge in [-0.1, -0.05) is 0 Å². The summed E-state index contributed by atoms with van der Waals surface area (Å²) in [6.07, 6.45) is -1.05. The molecule has 0 spiro atoms. The smallest absolute Gasteiger partial charge is 0.380 e. The van der Waals surface area contributed by atoms with Gasteiger partial charge in [-0.05, 0) is 80.2 Å². The van der Waals surface area contributed by atoms with Crippen molar-refractivity contribution < 1.29 is 31.9 Å². The van der Waals surface area contributed by atoms with Crippen LogP contribution < -0.4 is 4.90 Å². The monoisotopic (exact) mass is 610 g/mol. The number of benzene rings is 2. The fourth-order valence-electron chi connectivity index (χ4n) is 3.70. The molecule has 40 heavy (non-hydrogen) atoms. The Morgan fingerprint density at radius 3 is 2.23 bits per heavy atom. The van der Waals surface area contributed by atoms with Crippen LogP contribution in [-0.4, -0.2) is 89.8 Å². The molecule has 0 bridgehead atoms. The second-order valence-electron chi connectivity index (χ2n) is 9.71. The standard InChI is InChI=1S/C25H36BN4O7PS2/c1-18(2)35-17-24-23(16-25(26)36-24)37-38(31,32)39-15-14-30(5)40(33,34)22-12-8-20(9-13-22)28-27-19-6-10-21(11-7-19)29(3)4/h6-13,18,23-25H,14-17H2,1-5H3,(H,31,32)/t23?,24-,25-/m1/s1. The van der Waals surface area contributed by atoms with Crippen LogP contribution in [0.1, 0.15) is 20.3 Å². The van der Waals surface area contributed by atoms with Crippen LogP contribution in [0.25, 0.3) is 0 Å². The van der Waals surface area contributed by atoms with E-state index in [2.05, 4.69) is 10.2 Å². The molecule has 3 rings (SSSR count). The van der Waals surface area contributed by atoms with E-state index in [9.17, 15) is 17.9 Å². The van der Waals surface area contributed by atoms with Crippen LogP contribution in [0.3, 0.4) is 0 Å². The lowest BCUT2D eigenvalue weighted by atomic mass is 9.96. The van der Waals surface area contributed by atoms with E-state index in [1.165, 1.54) is 19.2 Å². The summed E-state index contributed by atoms with van der Waals surface area (Å²) < 4.78 is 56.3. The van der Waals surface area contributed by atoms with Crippen molar-refractivity contribution >= 4 is 53.1 Å². The lowest BCUT2D eigenvalue weighted by Gasteiger charge is -2.23. The molecule has 1 aliphatic heterocycles. The lowest BCUT2D eigenvalue weighted by Crippen LogP contribution is -2.30. The molecule has 11 nitrogen and oxygen atoms in total. The summed E-state index contributed by atoms with van der Waals surface area (Å²) in [7, 11) is 7.31. The van der Waals surface area contributed by atoms with Crippen molar-refractivity contribution in [2.75, 3.05) is 44.9 Å². The minimum atomic E-state index is -4.10. The normalized spacial score (nSPS) is 21.4. The second-order valence-corrected chi connectivity index (χ2v) is 15.7. The zero-order valence-corrected chi connectivity index (χ0v) is 25.8. The van der Waals surface area contributed by atoms with E-state index >= 15 is 0 Å². The van der Waals surface area contributed by atoms with Gasteiger partial charge < -0.3 is 19.3 Å². The largest absolute Gasteiger partial charge is 0.386 e. The summed E-state index contributed by atoms with van der Waals surface area (Å²) in [5.74, 6) is 0.0369. The van der Waals surface area contributed by atoms with Gasteiger partial charge in [-0.3, -0.25) is 4.52 Å². The molecule has 0 aliphatic carbocycles. The van der Waals surface area contributed by atoms with Gasteiger partial charge in [-0.2, -0.15) is 10.2 Å². The van der Waals surface area contributed by atoms with E-state index in [1.807, 2.05) is 57.1 Å². The molecular weight excluding hydrogens is 574 g/mol. The molecule has 0 amide bonds. The van der Waals surface area contributed by atoms with Gasteiger partial charge in [-0.15, -0.1) is 0 Å². The summed E-state index contributed by atoms with van der Waals surface area (Å²) in [6.45, 7) is -0.185.